The zero-order valence-electron chi connectivity index (χ0n) is 11.0. The molecule has 0 spiro atoms. The van der Waals surface area contributed by atoms with Crippen molar-refractivity contribution in [2.45, 2.75) is 25.2 Å². The summed E-state index contributed by atoms with van der Waals surface area (Å²) in [5.74, 6) is 0. The van der Waals surface area contributed by atoms with E-state index in [1.54, 1.807) is 21.3 Å². The van der Waals surface area contributed by atoms with Gasteiger partial charge >= 0.3 is 8.80 Å². The molecule has 1 saturated heterocycles. The van der Waals surface area contributed by atoms with Crippen molar-refractivity contribution in [2.75, 3.05) is 34.5 Å². The number of epoxide rings is 1. The molecule has 2 unspecified atom stereocenters. The molecule has 0 aliphatic carbocycles. The van der Waals surface area contributed by atoms with Gasteiger partial charge in [-0.05, 0) is 6.92 Å². The first-order valence-electron chi connectivity index (χ1n) is 5.71. The fraction of sp³-hybridized carbons (Fsp3) is 0.818. The van der Waals surface area contributed by atoms with Crippen molar-refractivity contribution in [3.63, 3.8) is 0 Å². The average molecular weight is 262 g/mol. The number of rotatable bonds is 9. The number of ether oxygens (including phenoxy) is 2. The van der Waals surface area contributed by atoms with E-state index in [4.69, 9.17) is 22.8 Å². The van der Waals surface area contributed by atoms with Crippen LogP contribution in [0.5, 0.6) is 0 Å². The molecule has 0 bridgehead atoms. The summed E-state index contributed by atoms with van der Waals surface area (Å²) in [6, 6.07) is 0.605. The van der Waals surface area contributed by atoms with E-state index < -0.39 is 8.80 Å². The topological polar surface area (TPSA) is 49.5 Å². The van der Waals surface area contributed by atoms with E-state index in [9.17, 15) is 0 Å². The summed E-state index contributed by atoms with van der Waals surface area (Å²) in [6.07, 6.45) is 4.14. The smallest absolute Gasteiger partial charge is 0.377 e. The van der Waals surface area contributed by atoms with Crippen molar-refractivity contribution in [3.05, 3.63) is 12.2 Å². The van der Waals surface area contributed by atoms with Crippen LogP contribution in [-0.2, 0) is 22.8 Å². The normalized spacial score (nSPS) is 22.0. The van der Waals surface area contributed by atoms with Crippen LogP contribution >= 0.6 is 0 Å². The Labute approximate surface area is 104 Å². The molecule has 0 radical (unpaired) electrons. The Morgan fingerprint density at radius 2 is 1.88 bits per heavy atom. The molecule has 0 N–H and O–H groups in total. The van der Waals surface area contributed by atoms with Crippen LogP contribution in [0.4, 0.5) is 0 Å². The maximum atomic E-state index is 5.75. The predicted molar refractivity (Wildman–Crippen MR) is 65.9 cm³/mol. The van der Waals surface area contributed by atoms with Crippen molar-refractivity contribution >= 4 is 8.80 Å². The van der Waals surface area contributed by atoms with Gasteiger partial charge in [-0.1, -0.05) is 12.2 Å². The minimum Gasteiger partial charge on any atom is -0.377 e. The molecule has 1 heterocycles. The highest BCUT2D eigenvalue weighted by Gasteiger charge is 2.40. The van der Waals surface area contributed by atoms with E-state index in [1.165, 1.54) is 0 Å². The fourth-order valence-electron chi connectivity index (χ4n) is 1.54. The van der Waals surface area contributed by atoms with Crippen LogP contribution in [0.1, 0.15) is 6.92 Å². The van der Waals surface area contributed by atoms with Gasteiger partial charge in [0, 0.05) is 27.4 Å². The summed E-state index contributed by atoms with van der Waals surface area (Å²) in [6.45, 7) is 3.36. The zero-order valence-corrected chi connectivity index (χ0v) is 12.0. The minimum absolute atomic E-state index is 0.0595. The van der Waals surface area contributed by atoms with E-state index in [0.717, 1.165) is 6.61 Å². The number of hydrogen-bond donors (Lipinski definition) is 0. The average Bonchev–Trinajstić information content (AvgIpc) is 3.17. The molecule has 0 aromatic rings. The van der Waals surface area contributed by atoms with Crippen molar-refractivity contribution in [2.24, 2.45) is 0 Å². The van der Waals surface area contributed by atoms with Crippen LogP contribution in [0.3, 0.4) is 0 Å². The lowest BCUT2D eigenvalue weighted by Gasteiger charge is -2.27. The van der Waals surface area contributed by atoms with Gasteiger partial charge in [0.1, 0.15) is 6.10 Å². The van der Waals surface area contributed by atoms with E-state index in [1.807, 2.05) is 19.1 Å². The highest BCUT2D eigenvalue weighted by Crippen LogP contribution is 2.20. The molecule has 1 rings (SSSR count). The summed E-state index contributed by atoms with van der Waals surface area (Å²) < 4.78 is 27.0. The van der Waals surface area contributed by atoms with Gasteiger partial charge in [-0.3, -0.25) is 0 Å². The summed E-state index contributed by atoms with van der Waals surface area (Å²) in [4.78, 5) is 0. The highest BCUT2D eigenvalue weighted by atomic mass is 28.4. The van der Waals surface area contributed by atoms with Gasteiger partial charge in [0.05, 0.1) is 19.3 Å². The van der Waals surface area contributed by atoms with E-state index in [0.29, 0.717) is 12.7 Å². The van der Waals surface area contributed by atoms with Crippen LogP contribution in [0.2, 0.25) is 6.04 Å². The van der Waals surface area contributed by atoms with Crippen molar-refractivity contribution in [1.29, 1.82) is 0 Å². The van der Waals surface area contributed by atoms with Gasteiger partial charge in [-0.2, -0.15) is 0 Å². The summed E-state index contributed by atoms with van der Waals surface area (Å²) in [5.41, 5.74) is 0. The molecule has 0 amide bonds. The Balaban J connectivity index is 2.49. The monoisotopic (exact) mass is 262 g/mol. The Morgan fingerprint density at radius 1 is 1.29 bits per heavy atom. The molecule has 0 aromatic heterocycles. The van der Waals surface area contributed by atoms with Crippen LogP contribution in [-0.4, -0.2) is 55.6 Å². The second-order valence-corrected chi connectivity index (χ2v) is 6.85. The molecule has 1 fully saturated rings. The van der Waals surface area contributed by atoms with Gasteiger partial charge < -0.3 is 22.8 Å². The Bertz CT molecular complexity index is 230. The van der Waals surface area contributed by atoms with Gasteiger partial charge in [0.25, 0.3) is 0 Å². The Morgan fingerprint density at radius 3 is 2.29 bits per heavy atom. The van der Waals surface area contributed by atoms with Gasteiger partial charge in [0.15, 0.2) is 0 Å². The van der Waals surface area contributed by atoms with Gasteiger partial charge in [-0.15, -0.1) is 0 Å². The van der Waals surface area contributed by atoms with E-state index in [2.05, 4.69) is 0 Å². The Hall–Kier alpha value is -0.243. The largest absolute Gasteiger partial charge is 0.503 e. The first kappa shape index (κ1) is 14.8. The van der Waals surface area contributed by atoms with E-state index in [-0.39, 0.29) is 12.2 Å². The third-order valence-corrected chi connectivity index (χ3v) is 5.46. The van der Waals surface area contributed by atoms with E-state index >= 15 is 0 Å². The summed E-state index contributed by atoms with van der Waals surface area (Å²) in [5, 5.41) is 0. The lowest BCUT2D eigenvalue weighted by atomic mass is 10.3. The molecule has 0 saturated carbocycles. The van der Waals surface area contributed by atoms with Crippen LogP contribution in [0, 0.1) is 0 Å². The third kappa shape index (κ3) is 4.87. The molecular weight excluding hydrogens is 240 g/mol. The van der Waals surface area contributed by atoms with Crippen LogP contribution in [0.15, 0.2) is 12.2 Å². The second kappa shape index (κ2) is 7.25. The molecule has 17 heavy (non-hydrogen) atoms. The highest BCUT2D eigenvalue weighted by molar-refractivity contribution is 6.60. The fourth-order valence-corrected chi connectivity index (χ4v) is 3.29. The molecule has 100 valence electrons. The van der Waals surface area contributed by atoms with Gasteiger partial charge in [-0.25, -0.2) is 0 Å². The van der Waals surface area contributed by atoms with Gasteiger partial charge in [0.2, 0.25) is 0 Å². The SMILES string of the molecule is C/C=C/C(C[Si](OC)(OC)OC)OCC1CO1. The molecule has 1 aliphatic rings. The second-order valence-electron chi connectivity index (χ2n) is 3.85. The molecular formula is C11H22O5Si. The quantitative estimate of drug-likeness (QED) is 0.355. The minimum atomic E-state index is -2.59. The molecule has 1 aliphatic heterocycles. The standard InChI is InChI=1S/C11H22O5Si/c1-5-6-10(15-7-11-8-16-11)9-17(12-2,13-3)14-4/h5-6,10-11H,7-9H2,1-4H3/b6-5+. The maximum Gasteiger partial charge on any atom is 0.503 e. The first-order chi connectivity index (χ1) is 8.19. The van der Waals surface area contributed by atoms with Crippen LogP contribution in [0.25, 0.3) is 0 Å². The first-order valence-corrected chi connectivity index (χ1v) is 7.64. The lowest BCUT2D eigenvalue weighted by Crippen LogP contribution is -2.45. The van der Waals surface area contributed by atoms with Crippen LogP contribution < -0.4 is 0 Å². The predicted octanol–water partition coefficient (Wildman–Crippen LogP) is 1.22. The summed E-state index contributed by atoms with van der Waals surface area (Å²) >= 11 is 0. The molecule has 6 heteroatoms. The van der Waals surface area contributed by atoms with Crippen molar-refractivity contribution in [1.82, 2.24) is 0 Å². The molecule has 5 nitrogen and oxygen atoms in total. The number of hydrogen-bond acceptors (Lipinski definition) is 5. The third-order valence-electron chi connectivity index (χ3n) is 2.69. The molecule has 2 atom stereocenters. The van der Waals surface area contributed by atoms with Crippen molar-refractivity contribution in [3.8, 4) is 0 Å². The summed E-state index contributed by atoms with van der Waals surface area (Å²) in [7, 11) is 2.23. The lowest BCUT2D eigenvalue weighted by molar-refractivity contribution is 0.0573. The maximum absolute atomic E-state index is 5.75. The zero-order chi connectivity index (χ0) is 12.7. The Kier molecular flexibility index (Phi) is 6.32. The van der Waals surface area contributed by atoms with Crippen molar-refractivity contribution < 1.29 is 22.8 Å². The molecule has 0 aromatic carbocycles. The number of allylic oxidation sites excluding steroid dienone is 1.